The fraction of sp³-hybridized carbons (Fsp3) is 0.524. The van der Waals surface area contributed by atoms with Crippen LogP contribution in [0.2, 0.25) is 0 Å². The third-order valence-electron chi connectivity index (χ3n) is 5.28. The van der Waals surface area contributed by atoms with Crippen molar-refractivity contribution >= 4 is 15.9 Å². The van der Waals surface area contributed by atoms with Crippen molar-refractivity contribution in [3.05, 3.63) is 46.8 Å². The Balaban J connectivity index is 1.59. The number of nitrogens with zero attached hydrogens (tertiary/aromatic N) is 2. The first-order valence-electron chi connectivity index (χ1n) is 10.2. The first kappa shape index (κ1) is 22.5. The average molecular weight is 436 g/mol. The number of nitrogens with one attached hydrogen (secondary N) is 1. The number of aryl methyl sites for hydroxylation is 2. The minimum Gasteiger partial charge on any atom is -0.377 e. The zero-order valence-corrected chi connectivity index (χ0v) is 18.5. The van der Waals surface area contributed by atoms with Gasteiger partial charge in [0.1, 0.15) is 10.6 Å². The summed E-state index contributed by atoms with van der Waals surface area (Å²) in [6.45, 7) is 7.33. The van der Waals surface area contributed by atoms with Gasteiger partial charge in [0, 0.05) is 26.2 Å². The lowest BCUT2D eigenvalue weighted by molar-refractivity contribution is -0.126. The Morgan fingerprint density at radius 2 is 1.97 bits per heavy atom. The van der Waals surface area contributed by atoms with E-state index in [-0.39, 0.29) is 29.0 Å². The summed E-state index contributed by atoms with van der Waals surface area (Å²) < 4.78 is 37.8. The van der Waals surface area contributed by atoms with Crippen LogP contribution in [-0.2, 0) is 32.7 Å². The highest BCUT2D eigenvalue weighted by molar-refractivity contribution is 7.89. The average Bonchev–Trinajstić information content (AvgIpc) is 3.10. The van der Waals surface area contributed by atoms with Gasteiger partial charge in [-0.3, -0.25) is 4.79 Å². The van der Waals surface area contributed by atoms with Gasteiger partial charge >= 0.3 is 0 Å². The molecular formula is C21H29N3O5S. The normalized spacial score (nSPS) is 17.8. The largest absolute Gasteiger partial charge is 0.377 e. The van der Waals surface area contributed by atoms with Gasteiger partial charge in [0.05, 0.1) is 12.5 Å². The van der Waals surface area contributed by atoms with E-state index in [0.29, 0.717) is 44.8 Å². The minimum atomic E-state index is -3.74. The smallest absolute Gasteiger partial charge is 0.248 e. The fourth-order valence-electron chi connectivity index (χ4n) is 3.65. The molecule has 9 heteroatoms. The standard InChI is InChI=1S/C21H29N3O5S/c1-4-28-14-18-9-7-17(8-10-18)12-22-21(25)19-6-5-11-24(13-19)30(26,27)20-15(2)23-29-16(20)3/h7-10,19H,4-6,11-14H2,1-3H3,(H,22,25). The van der Waals surface area contributed by atoms with Crippen LogP contribution in [0.15, 0.2) is 33.7 Å². The van der Waals surface area contributed by atoms with E-state index < -0.39 is 10.0 Å². The molecule has 8 nitrogen and oxygen atoms in total. The molecule has 1 fully saturated rings. The summed E-state index contributed by atoms with van der Waals surface area (Å²) in [5.41, 5.74) is 2.41. The van der Waals surface area contributed by atoms with E-state index >= 15 is 0 Å². The van der Waals surface area contributed by atoms with Gasteiger partial charge in [-0.05, 0) is 44.7 Å². The maximum Gasteiger partial charge on any atom is 0.248 e. The number of hydrogen-bond acceptors (Lipinski definition) is 6. The molecule has 2 aromatic rings. The predicted molar refractivity (Wildman–Crippen MR) is 111 cm³/mol. The first-order valence-corrected chi connectivity index (χ1v) is 11.6. The van der Waals surface area contributed by atoms with E-state index in [4.69, 9.17) is 9.26 Å². The Bertz CT molecular complexity index is 950. The molecule has 3 rings (SSSR count). The summed E-state index contributed by atoms with van der Waals surface area (Å²) in [7, 11) is -3.74. The molecule has 0 saturated carbocycles. The van der Waals surface area contributed by atoms with E-state index in [9.17, 15) is 13.2 Å². The number of sulfonamides is 1. The van der Waals surface area contributed by atoms with Crippen LogP contribution >= 0.6 is 0 Å². The van der Waals surface area contributed by atoms with Gasteiger partial charge in [-0.1, -0.05) is 29.4 Å². The molecule has 1 aromatic heterocycles. The molecule has 1 amide bonds. The molecule has 1 atom stereocenters. The van der Waals surface area contributed by atoms with Crippen LogP contribution < -0.4 is 5.32 Å². The van der Waals surface area contributed by atoms with Crippen molar-refractivity contribution in [3.63, 3.8) is 0 Å². The highest BCUT2D eigenvalue weighted by Crippen LogP contribution is 2.27. The molecule has 0 aliphatic carbocycles. The molecule has 164 valence electrons. The number of hydrogen-bond donors (Lipinski definition) is 1. The van der Waals surface area contributed by atoms with Crippen LogP contribution in [-0.4, -0.2) is 43.5 Å². The van der Waals surface area contributed by atoms with Gasteiger partial charge in [0.25, 0.3) is 0 Å². The van der Waals surface area contributed by atoms with Crippen molar-refractivity contribution in [3.8, 4) is 0 Å². The van der Waals surface area contributed by atoms with Crippen molar-refractivity contribution in [2.45, 2.75) is 51.7 Å². The minimum absolute atomic E-state index is 0.107. The monoisotopic (exact) mass is 435 g/mol. The van der Waals surface area contributed by atoms with Crippen LogP contribution in [0.1, 0.15) is 42.3 Å². The van der Waals surface area contributed by atoms with Crippen molar-refractivity contribution in [2.75, 3.05) is 19.7 Å². The van der Waals surface area contributed by atoms with Crippen molar-refractivity contribution in [2.24, 2.45) is 5.92 Å². The van der Waals surface area contributed by atoms with Crippen LogP contribution in [0.5, 0.6) is 0 Å². The lowest BCUT2D eigenvalue weighted by Gasteiger charge is -2.31. The molecule has 1 aromatic carbocycles. The number of carbonyl (C=O) groups excluding carboxylic acids is 1. The van der Waals surface area contributed by atoms with Gasteiger partial charge in [-0.15, -0.1) is 0 Å². The van der Waals surface area contributed by atoms with Gasteiger partial charge in [0.15, 0.2) is 5.76 Å². The Hall–Kier alpha value is -2.23. The highest BCUT2D eigenvalue weighted by Gasteiger charge is 2.36. The van der Waals surface area contributed by atoms with Gasteiger partial charge in [-0.2, -0.15) is 4.31 Å². The molecule has 0 bridgehead atoms. The van der Waals surface area contributed by atoms with Crippen LogP contribution in [0.4, 0.5) is 0 Å². The summed E-state index contributed by atoms with van der Waals surface area (Å²) in [6, 6.07) is 7.89. The lowest BCUT2D eigenvalue weighted by Crippen LogP contribution is -2.45. The van der Waals surface area contributed by atoms with Crippen molar-refractivity contribution in [1.29, 1.82) is 0 Å². The maximum absolute atomic E-state index is 13.0. The summed E-state index contributed by atoms with van der Waals surface area (Å²) in [5, 5.41) is 6.69. The van der Waals surface area contributed by atoms with Crippen LogP contribution in [0.3, 0.4) is 0 Å². The number of rotatable bonds is 8. The van der Waals surface area contributed by atoms with E-state index in [0.717, 1.165) is 11.1 Å². The van der Waals surface area contributed by atoms with E-state index in [2.05, 4.69) is 10.5 Å². The SMILES string of the molecule is CCOCc1ccc(CNC(=O)C2CCCN(S(=O)(=O)c3c(C)noc3C)C2)cc1. The fourth-order valence-corrected chi connectivity index (χ4v) is 5.47. The second-order valence-corrected chi connectivity index (χ2v) is 9.40. The quantitative estimate of drug-likeness (QED) is 0.684. The van der Waals surface area contributed by atoms with E-state index in [1.54, 1.807) is 13.8 Å². The Morgan fingerprint density at radius 3 is 2.60 bits per heavy atom. The number of amides is 1. The molecule has 1 aliphatic heterocycles. The molecule has 0 spiro atoms. The summed E-state index contributed by atoms with van der Waals surface area (Å²) in [6.07, 6.45) is 1.29. The number of aromatic nitrogens is 1. The van der Waals surface area contributed by atoms with Crippen molar-refractivity contribution < 1.29 is 22.5 Å². The number of benzene rings is 1. The third kappa shape index (κ3) is 5.08. The third-order valence-corrected chi connectivity index (χ3v) is 7.39. The zero-order chi connectivity index (χ0) is 21.7. The van der Waals surface area contributed by atoms with Gasteiger partial charge < -0.3 is 14.6 Å². The molecule has 2 heterocycles. The molecule has 1 saturated heterocycles. The van der Waals surface area contributed by atoms with Crippen LogP contribution in [0.25, 0.3) is 0 Å². The van der Waals surface area contributed by atoms with Crippen LogP contribution in [0, 0.1) is 19.8 Å². The summed E-state index contributed by atoms with van der Waals surface area (Å²) in [4.78, 5) is 12.8. The molecule has 30 heavy (non-hydrogen) atoms. The maximum atomic E-state index is 13.0. The second kappa shape index (κ2) is 9.72. The van der Waals surface area contributed by atoms with Crippen molar-refractivity contribution in [1.82, 2.24) is 14.8 Å². The lowest BCUT2D eigenvalue weighted by atomic mass is 9.98. The van der Waals surface area contributed by atoms with E-state index in [1.807, 2.05) is 31.2 Å². The zero-order valence-electron chi connectivity index (χ0n) is 17.7. The Morgan fingerprint density at radius 1 is 1.27 bits per heavy atom. The highest BCUT2D eigenvalue weighted by atomic mass is 32.2. The summed E-state index contributed by atoms with van der Waals surface area (Å²) in [5.74, 6) is -0.245. The van der Waals surface area contributed by atoms with E-state index in [1.165, 1.54) is 4.31 Å². The van der Waals surface area contributed by atoms with Gasteiger partial charge in [0.2, 0.25) is 15.9 Å². The van der Waals surface area contributed by atoms with Gasteiger partial charge in [-0.25, -0.2) is 8.42 Å². The topological polar surface area (TPSA) is 102 Å². The molecule has 1 unspecified atom stereocenters. The Kier molecular flexibility index (Phi) is 7.27. The molecule has 1 N–H and O–H groups in total. The number of piperidine rings is 1. The number of carbonyl (C=O) groups is 1. The molecule has 1 aliphatic rings. The number of ether oxygens (including phenoxy) is 1. The second-order valence-electron chi connectivity index (χ2n) is 7.53. The summed E-state index contributed by atoms with van der Waals surface area (Å²) >= 11 is 0. The predicted octanol–water partition coefficient (Wildman–Crippen LogP) is 2.55. The molecular weight excluding hydrogens is 406 g/mol. The molecule has 0 radical (unpaired) electrons. The first-order chi connectivity index (χ1) is 14.3. The Labute approximate surface area is 177 Å².